The van der Waals surface area contributed by atoms with Crippen molar-refractivity contribution in [3.8, 4) is 0 Å². The largest absolute Gasteiger partial charge is 0.467 e. The molecule has 0 aromatic rings. The number of ether oxygens (including phenoxy) is 1. The molecule has 0 rings (SSSR count). The molecular weight excluding hydrogens is 116 g/mol. The van der Waals surface area contributed by atoms with E-state index in [4.69, 9.17) is 0 Å². The van der Waals surface area contributed by atoms with Gasteiger partial charge in [0.1, 0.15) is 0 Å². The van der Waals surface area contributed by atoms with E-state index < -0.39 is 0 Å². The Kier molecular flexibility index (Phi) is 3.28. The molecule has 0 N–H and O–H groups in total. The summed E-state index contributed by atoms with van der Waals surface area (Å²) < 4.78 is 4.61. The van der Waals surface area contributed by atoms with Crippen molar-refractivity contribution in [2.75, 3.05) is 6.61 Å². The van der Waals surface area contributed by atoms with E-state index in [-0.39, 0.29) is 5.41 Å². The minimum absolute atomic E-state index is 0.140. The molecule has 0 saturated carbocycles. The molecule has 0 amide bonds. The van der Waals surface area contributed by atoms with Gasteiger partial charge in [0, 0.05) is 0 Å². The lowest BCUT2D eigenvalue weighted by atomic mass is 9.92. The van der Waals surface area contributed by atoms with Gasteiger partial charge in [0.2, 0.25) is 0 Å². The normalized spacial score (nSPS) is 11.0. The summed E-state index contributed by atoms with van der Waals surface area (Å²) in [5.74, 6) is 0. The third-order valence-electron chi connectivity index (χ3n) is 1.50. The zero-order chi connectivity index (χ0) is 7.33. The highest BCUT2D eigenvalue weighted by molar-refractivity contribution is 5.36. The van der Waals surface area contributed by atoms with Gasteiger partial charge in [-0.2, -0.15) is 0 Å². The van der Waals surface area contributed by atoms with Crippen LogP contribution in [0.1, 0.15) is 27.2 Å². The summed E-state index contributed by atoms with van der Waals surface area (Å²) in [5.41, 5.74) is 0.140. The average Bonchev–Trinajstić information content (AvgIpc) is 1.84. The lowest BCUT2D eigenvalue weighted by Crippen LogP contribution is -2.17. The van der Waals surface area contributed by atoms with Crippen LogP contribution >= 0.6 is 0 Å². The van der Waals surface area contributed by atoms with Crippen LogP contribution in [0.5, 0.6) is 0 Å². The Balaban J connectivity index is 3.44. The third-order valence-corrected chi connectivity index (χ3v) is 1.50. The number of carbonyl (C=O) groups excluding carboxylic acids is 1. The van der Waals surface area contributed by atoms with Crippen LogP contribution in [0.25, 0.3) is 0 Å². The molecule has 0 aliphatic carbocycles. The first-order chi connectivity index (χ1) is 4.12. The molecule has 54 valence electrons. The quantitative estimate of drug-likeness (QED) is 0.540. The fourth-order valence-corrected chi connectivity index (χ4v) is 0.362. The van der Waals surface area contributed by atoms with Crippen LogP contribution < -0.4 is 0 Å². The van der Waals surface area contributed by atoms with E-state index in [1.165, 1.54) is 0 Å². The van der Waals surface area contributed by atoms with Crippen molar-refractivity contribution in [1.82, 2.24) is 0 Å². The topological polar surface area (TPSA) is 26.3 Å². The van der Waals surface area contributed by atoms with Gasteiger partial charge in [-0.05, 0) is 11.8 Å². The first-order valence-electron chi connectivity index (χ1n) is 3.17. The Morgan fingerprint density at radius 3 is 2.44 bits per heavy atom. The van der Waals surface area contributed by atoms with E-state index in [0.29, 0.717) is 13.1 Å². The van der Waals surface area contributed by atoms with Gasteiger partial charge in [-0.3, -0.25) is 4.79 Å². The third kappa shape index (κ3) is 4.01. The summed E-state index contributed by atoms with van der Waals surface area (Å²) in [6, 6.07) is 0. The summed E-state index contributed by atoms with van der Waals surface area (Å²) in [6.45, 7) is 7.23. The Hall–Kier alpha value is -0.530. The lowest BCUT2D eigenvalue weighted by Gasteiger charge is -2.19. The van der Waals surface area contributed by atoms with Crippen molar-refractivity contribution >= 4 is 6.47 Å². The second kappa shape index (κ2) is 3.49. The minimum Gasteiger partial charge on any atom is -0.467 e. The fourth-order valence-electron chi connectivity index (χ4n) is 0.362. The van der Waals surface area contributed by atoms with Crippen LogP contribution in [0.3, 0.4) is 0 Å². The van der Waals surface area contributed by atoms with Gasteiger partial charge < -0.3 is 4.74 Å². The van der Waals surface area contributed by atoms with Crippen LogP contribution in [-0.2, 0) is 9.53 Å². The first kappa shape index (κ1) is 8.47. The van der Waals surface area contributed by atoms with Crippen LogP contribution in [0.15, 0.2) is 0 Å². The number of hydrogen-bond donors (Lipinski definition) is 0. The SMILES string of the molecule is CCC(C)(C)COC=O. The van der Waals surface area contributed by atoms with E-state index in [1.807, 2.05) is 0 Å². The molecule has 0 radical (unpaired) electrons. The van der Waals surface area contributed by atoms with Crippen molar-refractivity contribution in [2.24, 2.45) is 5.41 Å². The minimum atomic E-state index is 0.140. The first-order valence-corrected chi connectivity index (χ1v) is 3.17. The zero-order valence-corrected chi connectivity index (χ0v) is 6.31. The van der Waals surface area contributed by atoms with Gasteiger partial charge in [0.25, 0.3) is 6.47 Å². The van der Waals surface area contributed by atoms with Gasteiger partial charge in [0.05, 0.1) is 6.61 Å². The Morgan fingerprint density at radius 1 is 1.56 bits per heavy atom. The molecule has 0 heterocycles. The molecule has 2 heteroatoms. The highest BCUT2D eigenvalue weighted by atomic mass is 16.5. The maximum absolute atomic E-state index is 9.75. The van der Waals surface area contributed by atoms with E-state index in [2.05, 4.69) is 25.5 Å². The number of carbonyl (C=O) groups is 1. The molecule has 0 atom stereocenters. The summed E-state index contributed by atoms with van der Waals surface area (Å²) in [4.78, 5) is 9.75. The number of hydrogen-bond acceptors (Lipinski definition) is 2. The van der Waals surface area contributed by atoms with Gasteiger partial charge in [-0.25, -0.2) is 0 Å². The molecule has 0 aliphatic heterocycles. The maximum atomic E-state index is 9.75. The van der Waals surface area contributed by atoms with Gasteiger partial charge >= 0.3 is 0 Å². The van der Waals surface area contributed by atoms with Gasteiger partial charge in [-0.15, -0.1) is 0 Å². The molecule has 0 aliphatic rings. The monoisotopic (exact) mass is 130 g/mol. The summed E-state index contributed by atoms with van der Waals surface area (Å²) >= 11 is 0. The predicted molar refractivity (Wildman–Crippen MR) is 36.1 cm³/mol. The molecule has 0 aromatic heterocycles. The maximum Gasteiger partial charge on any atom is 0.293 e. The zero-order valence-electron chi connectivity index (χ0n) is 6.31. The van der Waals surface area contributed by atoms with Gasteiger partial charge in [-0.1, -0.05) is 20.8 Å². The van der Waals surface area contributed by atoms with Crippen LogP contribution in [0.2, 0.25) is 0 Å². The Morgan fingerprint density at radius 2 is 2.11 bits per heavy atom. The molecule has 0 aromatic carbocycles. The highest BCUT2D eigenvalue weighted by Crippen LogP contribution is 2.18. The second-order valence-electron chi connectivity index (χ2n) is 2.92. The van der Waals surface area contributed by atoms with Crippen molar-refractivity contribution < 1.29 is 9.53 Å². The van der Waals surface area contributed by atoms with Crippen molar-refractivity contribution in [3.05, 3.63) is 0 Å². The highest BCUT2D eigenvalue weighted by Gasteiger charge is 2.14. The van der Waals surface area contributed by atoms with E-state index in [0.717, 1.165) is 6.42 Å². The average molecular weight is 130 g/mol. The molecular formula is C7H14O2. The number of rotatable bonds is 4. The van der Waals surface area contributed by atoms with Crippen molar-refractivity contribution in [2.45, 2.75) is 27.2 Å². The molecule has 0 unspecified atom stereocenters. The van der Waals surface area contributed by atoms with E-state index >= 15 is 0 Å². The molecule has 0 bridgehead atoms. The molecule has 2 nitrogen and oxygen atoms in total. The molecule has 0 fully saturated rings. The molecule has 0 spiro atoms. The van der Waals surface area contributed by atoms with Crippen LogP contribution in [-0.4, -0.2) is 13.1 Å². The molecule has 9 heavy (non-hydrogen) atoms. The van der Waals surface area contributed by atoms with Crippen molar-refractivity contribution in [3.63, 3.8) is 0 Å². The predicted octanol–water partition coefficient (Wildman–Crippen LogP) is 1.60. The van der Waals surface area contributed by atoms with E-state index in [9.17, 15) is 4.79 Å². The van der Waals surface area contributed by atoms with Gasteiger partial charge in [0.15, 0.2) is 0 Å². The Labute approximate surface area is 56.2 Å². The summed E-state index contributed by atoms with van der Waals surface area (Å²) in [7, 11) is 0. The second-order valence-corrected chi connectivity index (χ2v) is 2.92. The van der Waals surface area contributed by atoms with Crippen LogP contribution in [0.4, 0.5) is 0 Å². The summed E-state index contributed by atoms with van der Waals surface area (Å²) in [6.07, 6.45) is 1.03. The Bertz CT molecular complexity index is 86.9. The molecule has 0 saturated heterocycles. The smallest absolute Gasteiger partial charge is 0.293 e. The lowest BCUT2D eigenvalue weighted by molar-refractivity contribution is -0.131. The standard InChI is InChI=1S/C7H14O2/c1-4-7(2,3)5-9-6-8/h6H,4-5H2,1-3H3. The summed E-state index contributed by atoms with van der Waals surface area (Å²) in [5, 5.41) is 0. The van der Waals surface area contributed by atoms with Crippen LogP contribution in [0, 0.1) is 5.41 Å². The fraction of sp³-hybridized carbons (Fsp3) is 0.857. The van der Waals surface area contributed by atoms with E-state index in [1.54, 1.807) is 0 Å². The van der Waals surface area contributed by atoms with Crippen molar-refractivity contribution in [1.29, 1.82) is 0 Å².